The van der Waals surface area contributed by atoms with Crippen molar-refractivity contribution in [1.29, 1.82) is 0 Å². The molecule has 0 aromatic heterocycles. The summed E-state index contributed by atoms with van der Waals surface area (Å²) in [4.78, 5) is 22.7. The number of rotatable bonds is 6. The molecule has 1 saturated heterocycles. The molecule has 1 aliphatic heterocycles. The van der Waals surface area contributed by atoms with Gasteiger partial charge in [0.2, 0.25) is 5.91 Å². The van der Waals surface area contributed by atoms with Crippen molar-refractivity contribution in [1.82, 2.24) is 10.6 Å². The molecule has 6 nitrogen and oxygen atoms in total. The van der Waals surface area contributed by atoms with Gasteiger partial charge in [-0.25, -0.2) is 0 Å². The van der Waals surface area contributed by atoms with Crippen LogP contribution < -0.4 is 10.6 Å². The van der Waals surface area contributed by atoms with Crippen LogP contribution in [0.25, 0.3) is 0 Å². The zero-order valence-corrected chi connectivity index (χ0v) is 10.1. The van der Waals surface area contributed by atoms with E-state index in [-0.39, 0.29) is 19.0 Å². The maximum Gasteiger partial charge on any atom is 0.311 e. The highest BCUT2D eigenvalue weighted by molar-refractivity contribution is 5.80. The maximum absolute atomic E-state index is 11.4. The number of ether oxygens (including phenoxy) is 1. The lowest BCUT2D eigenvalue weighted by Crippen LogP contribution is -2.48. The zero-order chi connectivity index (χ0) is 12.7. The van der Waals surface area contributed by atoms with Gasteiger partial charge < -0.3 is 20.5 Å². The second kappa shape index (κ2) is 6.56. The van der Waals surface area contributed by atoms with Crippen molar-refractivity contribution in [3.63, 3.8) is 0 Å². The molecule has 0 unspecified atom stereocenters. The Kier molecular flexibility index (Phi) is 5.37. The first kappa shape index (κ1) is 13.9. The van der Waals surface area contributed by atoms with Gasteiger partial charge >= 0.3 is 5.97 Å². The minimum absolute atomic E-state index is 0.168. The van der Waals surface area contributed by atoms with E-state index >= 15 is 0 Å². The molecule has 0 spiro atoms. The van der Waals surface area contributed by atoms with Crippen LogP contribution in [0.3, 0.4) is 0 Å². The van der Waals surface area contributed by atoms with E-state index in [1.165, 1.54) is 0 Å². The normalized spacial score (nSPS) is 18.6. The Morgan fingerprint density at radius 2 is 2.00 bits per heavy atom. The Morgan fingerprint density at radius 1 is 1.35 bits per heavy atom. The highest BCUT2D eigenvalue weighted by atomic mass is 16.5. The molecule has 0 saturated carbocycles. The first-order valence-electron chi connectivity index (χ1n) is 5.89. The molecule has 17 heavy (non-hydrogen) atoms. The molecule has 0 atom stereocenters. The lowest BCUT2D eigenvalue weighted by atomic mass is 9.80. The minimum Gasteiger partial charge on any atom is -0.481 e. The fourth-order valence-electron chi connectivity index (χ4n) is 1.80. The van der Waals surface area contributed by atoms with Crippen LogP contribution in [-0.2, 0) is 14.3 Å². The molecular formula is C11H20N2O4. The summed E-state index contributed by atoms with van der Waals surface area (Å²) in [5, 5.41) is 14.8. The molecule has 0 radical (unpaired) electrons. The molecule has 1 aliphatic rings. The number of hydrogen-bond donors (Lipinski definition) is 3. The molecule has 0 aliphatic carbocycles. The van der Waals surface area contributed by atoms with Crippen LogP contribution in [0.2, 0.25) is 0 Å². The minimum atomic E-state index is -0.861. The van der Waals surface area contributed by atoms with Crippen molar-refractivity contribution in [2.45, 2.75) is 19.8 Å². The quantitative estimate of drug-likeness (QED) is 0.591. The number of amides is 1. The summed E-state index contributed by atoms with van der Waals surface area (Å²) in [6.07, 6.45) is 0.896. The van der Waals surface area contributed by atoms with Gasteiger partial charge in [0.15, 0.2) is 0 Å². The summed E-state index contributed by atoms with van der Waals surface area (Å²) in [5.41, 5.74) is -0.861. The Balaban J connectivity index is 2.44. The maximum atomic E-state index is 11.4. The Morgan fingerprint density at radius 3 is 2.53 bits per heavy atom. The third-order valence-corrected chi connectivity index (χ3v) is 3.06. The fourth-order valence-corrected chi connectivity index (χ4v) is 1.80. The first-order valence-corrected chi connectivity index (χ1v) is 5.89. The predicted octanol–water partition coefficient (Wildman–Crippen LogP) is -0.406. The van der Waals surface area contributed by atoms with Gasteiger partial charge in [-0.05, 0) is 19.4 Å². The van der Waals surface area contributed by atoms with Crippen molar-refractivity contribution in [2.75, 3.05) is 32.8 Å². The third kappa shape index (κ3) is 3.98. The first-order chi connectivity index (χ1) is 8.10. The molecule has 1 rings (SSSR count). The van der Waals surface area contributed by atoms with Crippen LogP contribution in [-0.4, -0.2) is 49.8 Å². The average Bonchev–Trinajstić information content (AvgIpc) is 2.34. The van der Waals surface area contributed by atoms with Crippen LogP contribution in [0.15, 0.2) is 0 Å². The number of nitrogens with one attached hydrogen (secondary N) is 2. The Hall–Kier alpha value is -1.14. The summed E-state index contributed by atoms with van der Waals surface area (Å²) >= 11 is 0. The van der Waals surface area contributed by atoms with Crippen molar-refractivity contribution in [3.8, 4) is 0 Å². The highest BCUT2D eigenvalue weighted by Gasteiger charge is 2.40. The highest BCUT2D eigenvalue weighted by Crippen LogP contribution is 2.29. The van der Waals surface area contributed by atoms with Crippen LogP contribution >= 0.6 is 0 Å². The van der Waals surface area contributed by atoms with Crippen molar-refractivity contribution in [2.24, 2.45) is 5.41 Å². The van der Waals surface area contributed by atoms with Gasteiger partial charge in [-0.1, -0.05) is 6.92 Å². The number of carboxylic acid groups (broad SMARTS) is 1. The lowest BCUT2D eigenvalue weighted by molar-refractivity contribution is -0.154. The summed E-state index contributed by atoms with van der Waals surface area (Å²) in [5.74, 6) is -1.02. The molecule has 6 heteroatoms. The zero-order valence-electron chi connectivity index (χ0n) is 10.1. The van der Waals surface area contributed by atoms with Gasteiger partial charge in [-0.2, -0.15) is 0 Å². The predicted molar refractivity (Wildman–Crippen MR) is 61.7 cm³/mol. The van der Waals surface area contributed by atoms with E-state index in [1.54, 1.807) is 0 Å². The second-order valence-corrected chi connectivity index (χ2v) is 4.25. The van der Waals surface area contributed by atoms with Gasteiger partial charge in [0.1, 0.15) is 0 Å². The molecule has 98 valence electrons. The van der Waals surface area contributed by atoms with Crippen molar-refractivity contribution in [3.05, 3.63) is 0 Å². The molecule has 1 fully saturated rings. The van der Waals surface area contributed by atoms with Crippen LogP contribution in [0, 0.1) is 5.41 Å². The van der Waals surface area contributed by atoms with Gasteiger partial charge in [0.05, 0.1) is 12.0 Å². The fraction of sp³-hybridized carbons (Fsp3) is 0.818. The monoisotopic (exact) mass is 244 g/mol. The largest absolute Gasteiger partial charge is 0.481 e. The number of likely N-dealkylation sites (N-methyl/N-ethyl adjacent to an activating group) is 1. The number of hydrogen-bond acceptors (Lipinski definition) is 4. The lowest BCUT2D eigenvalue weighted by Gasteiger charge is -2.33. The molecule has 0 aromatic carbocycles. The standard InChI is InChI=1S/C11H20N2O4/c1-2-12-7-9(14)13-8-11(10(15)16)3-5-17-6-4-11/h12H,2-8H2,1H3,(H,13,14)(H,15,16). The number of carboxylic acids is 1. The molecule has 0 aromatic rings. The summed E-state index contributed by atoms with van der Waals surface area (Å²) in [6.45, 7) is 3.90. The molecular weight excluding hydrogens is 224 g/mol. The van der Waals surface area contributed by atoms with E-state index in [4.69, 9.17) is 4.74 Å². The van der Waals surface area contributed by atoms with Crippen LogP contribution in [0.5, 0.6) is 0 Å². The third-order valence-electron chi connectivity index (χ3n) is 3.06. The summed E-state index contributed by atoms with van der Waals surface area (Å²) in [6, 6.07) is 0. The van der Waals surface area contributed by atoms with Gasteiger partial charge in [0.25, 0.3) is 0 Å². The number of carbonyl (C=O) groups is 2. The molecule has 0 bridgehead atoms. The number of carbonyl (C=O) groups excluding carboxylic acids is 1. The average molecular weight is 244 g/mol. The summed E-state index contributed by atoms with van der Waals surface area (Å²) in [7, 11) is 0. The SMILES string of the molecule is CCNCC(=O)NCC1(C(=O)O)CCOCC1. The van der Waals surface area contributed by atoms with E-state index in [0.29, 0.717) is 32.6 Å². The number of aliphatic carboxylic acids is 1. The van der Waals surface area contributed by atoms with Gasteiger partial charge in [0, 0.05) is 19.8 Å². The van der Waals surface area contributed by atoms with Gasteiger partial charge in [-0.15, -0.1) is 0 Å². The van der Waals surface area contributed by atoms with E-state index in [9.17, 15) is 14.7 Å². The molecule has 1 heterocycles. The summed E-state index contributed by atoms with van der Waals surface area (Å²) < 4.78 is 5.16. The molecule has 1 amide bonds. The Labute approximate surface area is 101 Å². The smallest absolute Gasteiger partial charge is 0.311 e. The van der Waals surface area contributed by atoms with Crippen LogP contribution in [0.1, 0.15) is 19.8 Å². The van der Waals surface area contributed by atoms with E-state index < -0.39 is 11.4 Å². The Bertz CT molecular complexity index is 275. The molecule has 3 N–H and O–H groups in total. The van der Waals surface area contributed by atoms with E-state index in [1.807, 2.05) is 6.92 Å². The van der Waals surface area contributed by atoms with Crippen molar-refractivity contribution < 1.29 is 19.4 Å². The van der Waals surface area contributed by atoms with E-state index in [0.717, 1.165) is 0 Å². The van der Waals surface area contributed by atoms with E-state index in [2.05, 4.69) is 10.6 Å². The van der Waals surface area contributed by atoms with Crippen LogP contribution in [0.4, 0.5) is 0 Å². The second-order valence-electron chi connectivity index (χ2n) is 4.25. The topological polar surface area (TPSA) is 87.7 Å². The van der Waals surface area contributed by atoms with Crippen molar-refractivity contribution >= 4 is 11.9 Å². The van der Waals surface area contributed by atoms with Gasteiger partial charge in [-0.3, -0.25) is 9.59 Å².